The van der Waals surface area contributed by atoms with Crippen LogP contribution in [0.4, 0.5) is 4.39 Å². The second-order valence-electron chi connectivity index (χ2n) is 4.87. The normalized spacial score (nSPS) is 11.4. The van der Waals surface area contributed by atoms with Crippen molar-refractivity contribution in [1.29, 1.82) is 0 Å². The van der Waals surface area contributed by atoms with Crippen LogP contribution >= 0.6 is 11.3 Å². The summed E-state index contributed by atoms with van der Waals surface area (Å²) in [4.78, 5) is 12.6. The molecule has 0 fully saturated rings. The molecule has 0 radical (unpaired) electrons. The SMILES string of the molecule is CN(Cc1ccsc1)Cc1cc(F)cc(C=CC(=O)O)c1. The van der Waals surface area contributed by atoms with E-state index >= 15 is 0 Å². The number of rotatable bonds is 6. The van der Waals surface area contributed by atoms with E-state index in [1.54, 1.807) is 17.4 Å². The second kappa shape index (κ2) is 7.15. The molecule has 3 nitrogen and oxygen atoms in total. The van der Waals surface area contributed by atoms with E-state index in [1.807, 2.05) is 12.4 Å². The minimum absolute atomic E-state index is 0.360. The Labute approximate surface area is 127 Å². The van der Waals surface area contributed by atoms with Gasteiger partial charge in [-0.3, -0.25) is 4.90 Å². The van der Waals surface area contributed by atoms with Crippen molar-refractivity contribution in [3.63, 3.8) is 0 Å². The van der Waals surface area contributed by atoms with Gasteiger partial charge in [-0.1, -0.05) is 6.07 Å². The summed E-state index contributed by atoms with van der Waals surface area (Å²) in [6.07, 6.45) is 2.40. The standard InChI is InChI=1S/C16H16FNO2S/c1-18(9-13-4-5-21-11-13)10-14-6-12(2-3-16(19)20)7-15(17)8-14/h2-8,11H,9-10H2,1H3,(H,19,20). The van der Waals surface area contributed by atoms with Crippen LogP contribution in [-0.4, -0.2) is 23.0 Å². The molecule has 0 unspecified atom stereocenters. The van der Waals surface area contributed by atoms with Crippen LogP contribution < -0.4 is 0 Å². The summed E-state index contributed by atoms with van der Waals surface area (Å²) in [6, 6.07) is 6.66. The Morgan fingerprint density at radius 1 is 1.33 bits per heavy atom. The van der Waals surface area contributed by atoms with E-state index in [1.165, 1.54) is 23.8 Å². The predicted molar refractivity (Wildman–Crippen MR) is 82.6 cm³/mol. The number of carboxylic acids is 1. The van der Waals surface area contributed by atoms with Gasteiger partial charge in [0.1, 0.15) is 5.82 Å². The van der Waals surface area contributed by atoms with E-state index in [9.17, 15) is 9.18 Å². The first-order valence-corrected chi connectivity index (χ1v) is 7.37. The van der Waals surface area contributed by atoms with E-state index < -0.39 is 5.97 Å². The molecular formula is C16H16FNO2S. The van der Waals surface area contributed by atoms with Crippen molar-refractivity contribution in [2.24, 2.45) is 0 Å². The van der Waals surface area contributed by atoms with Crippen molar-refractivity contribution in [3.05, 3.63) is 63.6 Å². The molecule has 0 aliphatic heterocycles. The number of aliphatic carboxylic acids is 1. The first-order valence-electron chi connectivity index (χ1n) is 6.43. The number of hydrogen-bond donors (Lipinski definition) is 1. The van der Waals surface area contributed by atoms with Gasteiger partial charge in [-0.2, -0.15) is 11.3 Å². The Bertz CT molecular complexity index is 638. The minimum atomic E-state index is -1.05. The van der Waals surface area contributed by atoms with Crippen LogP contribution in [0.5, 0.6) is 0 Å². The van der Waals surface area contributed by atoms with Gasteiger partial charge in [0.25, 0.3) is 0 Å². The predicted octanol–water partition coefficient (Wildman–Crippen LogP) is 3.62. The smallest absolute Gasteiger partial charge is 0.328 e. The maximum atomic E-state index is 13.6. The summed E-state index contributed by atoms with van der Waals surface area (Å²) in [5.41, 5.74) is 2.60. The molecule has 5 heteroatoms. The average molecular weight is 305 g/mol. The zero-order chi connectivity index (χ0) is 15.2. The summed E-state index contributed by atoms with van der Waals surface area (Å²) in [5.74, 6) is -1.41. The summed E-state index contributed by atoms with van der Waals surface area (Å²) in [5, 5.41) is 12.7. The van der Waals surface area contributed by atoms with Crippen molar-refractivity contribution >= 4 is 23.4 Å². The van der Waals surface area contributed by atoms with Gasteiger partial charge < -0.3 is 5.11 Å². The maximum absolute atomic E-state index is 13.6. The van der Waals surface area contributed by atoms with Crippen LogP contribution in [-0.2, 0) is 17.9 Å². The van der Waals surface area contributed by atoms with Gasteiger partial charge in [0.2, 0.25) is 0 Å². The van der Waals surface area contributed by atoms with Crippen LogP contribution in [0.25, 0.3) is 6.08 Å². The van der Waals surface area contributed by atoms with E-state index in [2.05, 4.69) is 16.3 Å². The molecule has 0 amide bonds. The molecule has 1 heterocycles. The number of thiophene rings is 1. The number of nitrogens with zero attached hydrogens (tertiary/aromatic N) is 1. The summed E-state index contributed by atoms with van der Waals surface area (Å²) >= 11 is 1.65. The van der Waals surface area contributed by atoms with E-state index in [0.29, 0.717) is 12.1 Å². The van der Waals surface area contributed by atoms with Crippen LogP contribution in [0.15, 0.2) is 41.1 Å². The molecule has 2 rings (SSSR count). The lowest BCUT2D eigenvalue weighted by atomic mass is 10.1. The number of carboxylic acid groups (broad SMARTS) is 1. The molecule has 0 atom stereocenters. The third-order valence-electron chi connectivity index (χ3n) is 2.88. The molecule has 21 heavy (non-hydrogen) atoms. The Morgan fingerprint density at radius 2 is 2.10 bits per heavy atom. The average Bonchev–Trinajstić information content (AvgIpc) is 2.88. The Balaban J connectivity index is 2.07. The first-order chi connectivity index (χ1) is 10.0. The molecule has 0 aliphatic carbocycles. The highest BCUT2D eigenvalue weighted by molar-refractivity contribution is 7.07. The van der Waals surface area contributed by atoms with Gasteiger partial charge in [0.15, 0.2) is 0 Å². The molecule has 1 aromatic heterocycles. The highest BCUT2D eigenvalue weighted by Crippen LogP contribution is 2.15. The monoisotopic (exact) mass is 305 g/mol. The molecule has 1 aromatic carbocycles. The van der Waals surface area contributed by atoms with E-state index in [4.69, 9.17) is 5.11 Å². The van der Waals surface area contributed by atoms with E-state index in [-0.39, 0.29) is 5.82 Å². The van der Waals surface area contributed by atoms with Crippen molar-refractivity contribution < 1.29 is 14.3 Å². The highest BCUT2D eigenvalue weighted by atomic mass is 32.1. The molecule has 1 N–H and O–H groups in total. The number of halogens is 1. The topological polar surface area (TPSA) is 40.5 Å². The van der Waals surface area contributed by atoms with Crippen molar-refractivity contribution in [1.82, 2.24) is 4.90 Å². The van der Waals surface area contributed by atoms with Gasteiger partial charge in [0.05, 0.1) is 0 Å². The number of carbonyl (C=O) groups is 1. The van der Waals surface area contributed by atoms with Gasteiger partial charge >= 0.3 is 5.97 Å². The fourth-order valence-corrected chi connectivity index (χ4v) is 2.75. The highest BCUT2D eigenvalue weighted by Gasteiger charge is 2.05. The zero-order valence-corrected chi connectivity index (χ0v) is 12.4. The van der Waals surface area contributed by atoms with Gasteiger partial charge in [0, 0.05) is 19.2 Å². The lowest BCUT2D eigenvalue weighted by molar-refractivity contribution is -0.131. The molecular weight excluding hydrogens is 289 g/mol. The maximum Gasteiger partial charge on any atom is 0.328 e. The fourth-order valence-electron chi connectivity index (χ4n) is 2.09. The third kappa shape index (κ3) is 5.13. The summed E-state index contributed by atoms with van der Waals surface area (Å²) in [7, 11) is 1.97. The minimum Gasteiger partial charge on any atom is -0.478 e. The molecule has 0 saturated carbocycles. The van der Waals surface area contributed by atoms with Crippen LogP contribution in [0, 0.1) is 5.82 Å². The van der Waals surface area contributed by atoms with Crippen molar-refractivity contribution in [2.45, 2.75) is 13.1 Å². The van der Waals surface area contributed by atoms with Gasteiger partial charge in [-0.05, 0) is 58.8 Å². The molecule has 2 aromatic rings. The van der Waals surface area contributed by atoms with E-state index in [0.717, 1.165) is 18.2 Å². The molecule has 0 bridgehead atoms. The zero-order valence-electron chi connectivity index (χ0n) is 11.6. The molecule has 0 spiro atoms. The third-order valence-corrected chi connectivity index (χ3v) is 3.62. The Kier molecular flexibility index (Phi) is 5.25. The quantitative estimate of drug-likeness (QED) is 0.829. The lowest BCUT2D eigenvalue weighted by Gasteiger charge is -2.16. The first kappa shape index (κ1) is 15.4. The molecule has 0 aliphatic rings. The van der Waals surface area contributed by atoms with Crippen LogP contribution in [0.1, 0.15) is 16.7 Å². The summed E-state index contributed by atoms with van der Waals surface area (Å²) < 4.78 is 13.6. The largest absolute Gasteiger partial charge is 0.478 e. The van der Waals surface area contributed by atoms with Crippen molar-refractivity contribution in [3.8, 4) is 0 Å². The lowest BCUT2D eigenvalue weighted by Crippen LogP contribution is -2.17. The fraction of sp³-hybridized carbons (Fsp3) is 0.188. The number of benzene rings is 1. The molecule has 0 saturated heterocycles. The second-order valence-corrected chi connectivity index (χ2v) is 5.65. The van der Waals surface area contributed by atoms with Crippen LogP contribution in [0.3, 0.4) is 0 Å². The van der Waals surface area contributed by atoms with Crippen molar-refractivity contribution in [2.75, 3.05) is 7.05 Å². The number of hydrogen-bond acceptors (Lipinski definition) is 3. The van der Waals surface area contributed by atoms with Gasteiger partial charge in [-0.25, -0.2) is 9.18 Å². The molecule has 110 valence electrons. The van der Waals surface area contributed by atoms with Gasteiger partial charge in [-0.15, -0.1) is 0 Å². The summed E-state index contributed by atoms with van der Waals surface area (Å²) in [6.45, 7) is 1.39. The Morgan fingerprint density at radius 3 is 2.76 bits per heavy atom. The Hall–Kier alpha value is -1.98. The van der Waals surface area contributed by atoms with Crippen LogP contribution in [0.2, 0.25) is 0 Å².